The molecule has 15 heavy (non-hydrogen) atoms. The molecule has 0 atom stereocenters. The number of nitrogens with one attached hydrogen (secondary N) is 1. The molecule has 0 radical (unpaired) electrons. The van der Waals surface area contributed by atoms with Gasteiger partial charge in [-0.25, -0.2) is 0 Å². The summed E-state index contributed by atoms with van der Waals surface area (Å²) in [5.41, 5.74) is 5.38. The fraction of sp³-hybridized carbons (Fsp3) is 0.900. The Hall–Kier alpha value is -0.650. The van der Waals surface area contributed by atoms with Crippen molar-refractivity contribution in [2.75, 3.05) is 40.4 Å². The maximum absolute atomic E-state index is 12.0. The number of amides is 1. The number of likely N-dealkylation sites (N-methyl/N-ethyl adjacent to an activating group) is 2. The molecule has 0 spiro atoms. The number of rotatable bonds is 4. The molecule has 1 amide bonds. The van der Waals surface area contributed by atoms with Crippen LogP contribution in [0, 0.1) is 0 Å². The molecule has 1 rings (SSSR count). The van der Waals surface area contributed by atoms with Crippen LogP contribution in [0.2, 0.25) is 0 Å². The van der Waals surface area contributed by atoms with Gasteiger partial charge in [-0.05, 0) is 19.9 Å². The average Bonchev–Trinajstić information content (AvgIpc) is 2.26. The van der Waals surface area contributed by atoms with E-state index in [4.69, 9.17) is 10.5 Å². The molecule has 1 saturated heterocycles. The number of carbonyl (C=O) groups excluding carboxylic acids is 1. The van der Waals surface area contributed by atoms with Crippen molar-refractivity contribution in [3.8, 4) is 0 Å². The first-order valence-electron chi connectivity index (χ1n) is 5.37. The Morgan fingerprint density at radius 2 is 2.13 bits per heavy atom. The van der Waals surface area contributed by atoms with Crippen LogP contribution in [0.15, 0.2) is 0 Å². The minimum atomic E-state index is -0.708. The molecule has 88 valence electrons. The number of nitrogens with two attached hydrogens (primary N) is 1. The molecule has 1 aliphatic rings. The number of nitrogens with zero attached hydrogens (tertiary/aromatic N) is 1. The minimum Gasteiger partial charge on any atom is -0.381 e. The van der Waals surface area contributed by atoms with E-state index in [-0.39, 0.29) is 5.91 Å². The van der Waals surface area contributed by atoms with Crippen molar-refractivity contribution < 1.29 is 9.53 Å². The van der Waals surface area contributed by atoms with Crippen molar-refractivity contribution in [2.45, 2.75) is 18.4 Å². The van der Waals surface area contributed by atoms with E-state index in [0.29, 0.717) is 32.6 Å². The Morgan fingerprint density at radius 1 is 1.53 bits per heavy atom. The van der Waals surface area contributed by atoms with Gasteiger partial charge in [-0.2, -0.15) is 0 Å². The van der Waals surface area contributed by atoms with Crippen LogP contribution in [-0.2, 0) is 9.53 Å². The molecule has 5 nitrogen and oxygen atoms in total. The highest BCUT2D eigenvalue weighted by atomic mass is 16.5. The van der Waals surface area contributed by atoms with Gasteiger partial charge in [-0.1, -0.05) is 0 Å². The molecule has 1 aliphatic heterocycles. The normalized spacial score (nSPS) is 19.9. The van der Waals surface area contributed by atoms with E-state index in [1.54, 1.807) is 11.9 Å². The lowest BCUT2D eigenvalue weighted by Gasteiger charge is -2.35. The topological polar surface area (TPSA) is 67.6 Å². The largest absolute Gasteiger partial charge is 0.381 e. The predicted molar refractivity (Wildman–Crippen MR) is 58.5 cm³/mol. The molecule has 0 bridgehead atoms. The van der Waals surface area contributed by atoms with E-state index < -0.39 is 5.54 Å². The highest BCUT2D eigenvalue weighted by molar-refractivity contribution is 5.86. The summed E-state index contributed by atoms with van der Waals surface area (Å²) in [5.74, 6) is 0.0288. The summed E-state index contributed by atoms with van der Waals surface area (Å²) in [6, 6.07) is 0. The molecule has 0 aromatic carbocycles. The predicted octanol–water partition coefficient (Wildman–Crippen LogP) is -0.828. The second-order valence-corrected chi connectivity index (χ2v) is 4.10. The molecular formula is C10H21N3O2. The Labute approximate surface area is 90.9 Å². The van der Waals surface area contributed by atoms with Gasteiger partial charge in [0.2, 0.25) is 5.91 Å². The molecule has 0 aromatic heterocycles. The van der Waals surface area contributed by atoms with Crippen LogP contribution in [0.4, 0.5) is 0 Å². The van der Waals surface area contributed by atoms with Crippen molar-refractivity contribution in [1.82, 2.24) is 10.2 Å². The number of ether oxygens (including phenoxy) is 1. The van der Waals surface area contributed by atoms with Gasteiger partial charge >= 0.3 is 0 Å². The summed E-state index contributed by atoms with van der Waals surface area (Å²) in [5, 5.41) is 3.01. The lowest BCUT2D eigenvalue weighted by molar-refractivity contribution is -0.139. The second-order valence-electron chi connectivity index (χ2n) is 4.10. The SMILES string of the molecule is CNCCN(C)C(=O)C1(N)CCOCC1. The van der Waals surface area contributed by atoms with Crippen molar-refractivity contribution in [1.29, 1.82) is 0 Å². The van der Waals surface area contributed by atoms with Crippen molar-refractivity contribution in [2.24, 2.45) is 5.73 Å². The van der Waals surface area contributed by atoms with Gasteiger partial charge in [-0.15, -0.1) is 0 Å². The first-order valence-corrected chi connectivity index (χ1v) is 5.37. The third-order valence-electron chi connectivity index (χ3n) is 2.85. The van der Waals surface area contributed by atoms with Gasteiger partial charge in [0, 0.05) is 33.4 Å². The summed E-state index contributed by atoms with van der Waals surface area (Å²) < 4.78 is 5.21. The number of carbonyl (C=O) groups is 1. The summed E-state index contributed by atoms with van der Waals surface area (Å²) in [4.78, 5) is 13.7. The summed E-state index contributed by atoms with van der Waals surface area (Å²) >= 11 is 0. The Bertz CT molecular complexity index is 215. The van der Waals surface area contributed by atoms with E-state index in [1.807, 2.05) is 7.05 Å². The number of hydrogen-bond acceptors (Lipinski definition) is 4. The van der Waals surface area contributed by atoms with Crippen LogP contribution in [-0.4, -0.2) is 56.7 Å². The maximum atomic E-state index is 12.0. The smallest absolute Gasteiger partial charge is 0.242 e. The van der Waals surface area contributed by atoms with Crippen LogP contribution >= 0.6 is 0 Å². The lowest BCUT2D eigenvalue weighted by atomic mass is 9.90. The third kappa shape index (κ3) is 3.15. The van der Waals surface area contributed by atoms with E-state index >= 15 is 0 Å². The maximum Gasteiger partial charge on any atom is 0.242 e. The van der Waals surface area contributed by atoms with Crippen LogP contribution in [0.1, 0.15) is 12.8 Å². The first kappa shape index (κ1) is 12.4. The van der Waals surface area contributed by atoms with E-state index in [9.17, 15) is 4.79 Å². The second kappa shape index (κ2) is 5.44. The van der Waals surface area contributed by atoms with Crippen LogP contribution < -0.4 is 11.1 Å². The zero-order chi connectivity index (χ0) is 11.3. The van der Waals surface area contributed by atoms with Gasteiger partial charge in [0.1, 0.15) is 0 Å². The van der Waals surface area contributed by atoms with E-state index in [1.165, 1.54) is 0 Å². The highest BCUT2D eigenvalue weighted by Gasteiger charge is 2.37. The Kier molecular flexibility index (Phi) is 4.50. The standard InChI is InChI=1S/C10H21N3O2/c1-12-5-6-13(2)9(14)10(11)3-7-15-8-4-10/h12H,3-8,11H2,1-2H3. The Morgan fingerprint density at radius 3 is 2.67 bits per heavy atom. The zero-order valence-corrected chi connectivity index (χ0v) is 9.58. The molecule has 1 heterocycles. The number of hydrogen-bond donors (Lipinski definition) is 2. The van der Waals surface area contributed by atoms with Gasteiger partial charge in [0.15, 0.2) is 0 Å². The minimum absolute atomic E-state index is 0.0288. The van der Waals surface area contributed by atoms with E-state index in [0.717, 1.165) is 6.54 Å². The highest BCUT2D eigenvalue weighted by Crippen LogP contribution is 2.19. The van der Waals surface area contributed by atoms with Crippen LogP contribution in [0.25, 0.3) is 0 Å². The fourth-order valence-corrected chi connectivity index (χ4v) is 1.71. The van der Waals surface area contributed by atoms with E-state index in [2.05, 4.69) is 5.32 Å². The third-order valence-corrected chi connectivity index (χ3v) is 2.85. The quantitative estimate of drug-likeness (QED) is 0.642. The monoisotopic (exact) mass is 215 g/mol. The van der Waals surface area contributed by atoms with Crippen molar-refractivity contribution in [3.05, 3.63) is 0 Å². The Balaban J connectivity index is 2.49. The summed E-state index contributed by atoms with van der Waals surface area (Å²) in [7, 11) is 3.66. The van der Waals surface area contributed by atoms with Crippen molar-refractivity contribution in [3.63, 3.8) is 0 Å². The van der Waals surface area contributed by atoms with Gasteiger partial charge in [0.25, 0.3) is 0 Å². The first-order chi connectivity index (χ1) is 7.10. The molecule has 0 saturated carbocycles. The average molecular weight is 215 g/mol. The lowest BCUT2D eigenvalue weighted by Crippen LogP contribution is -2.57. The molecule has 0 aliphatic carbocycles. The van der Waals surface area contributed by atoms with Crippen LogP contribution in [0.3, 0.4) is 0 Å². The molecular weight excluding hydrogens is 194 g/mol. The zero-order valence-electron chi connectivity index (χ0n) is 9.58. The molecule has 5 heteroatoms. The summed E-state index contributed by atoms with van der Waals surface area (Å²) in [6.07, 6.45) is 1.24. The molecule has 1 fully saturated rings. The van der Waals surface area contributed by atoms with Crippen LogP contribution in [0.5, 0.6) is 0 Å². The fourth-order valence-electron chi connectivity index (χ4n) is 1.71. The molecule has 3 N–H and O–H groups in total. The van der Waals surface area contributed by atoms with Gasteiger partial charge in [0.05, 0.1) is 5.54 Å². The molecule has 0 aromatic rings. The van der Waals surface area contributed by atoms with Gasteiger partial charge < -0.3 is 20.7 Å². The summed E-state index contributed by atoms with van der Waals surface area (Å²) in [6.45, 7) is 2.65. The molecule has 0 unspecified atom stereocenters. The van der Waals surface area contributed by atoms with Gasteiger partial charge in [-0.3, -0.25) is 4.79 Å². The van der Waals surface area contributed by atoms with Crippen molar-refractivity contribution >= 4 is 5.91 Å².